The van der Waals surface area contributed by atoms with Crippen molar-refractivity contribution >= 4 is 17.5 Å². The fourth-order valence-corrected chi connectivity index (χ4v) is 2.51. The number of carbonyl (C=O) groups excluding carboxylic acids is 1. The van der Waals surface area contributed by atoms with Crippen LogP contribution in [0.3, 0.4) is 0 Å². The summed E-state index contributed by atoms with van der Waals surface area (Å²) < 4.78 is 0. The van der Waals surface area contributed by atoms with Gasteiger partial charge in [0, 0.05) is 25.0 Å². The third-order valence-corrected chi connectivity index (χ3v) is 3.59. The highest BCUT2D eigenvalue weighted by atomic mass is 35.5. The molecule has 1 aliphatic rings. The summed E-state index contributed by atoms with van der Waals surface area (Å²) in [6.45, 7) is 4.70. The van der Waals surface area contributed by atoms with Crippen LogP contribution in [0.25, 0.3) is 0 Å². The summed E-state index contributed by atoms with van der Waals surface area (Å²) in [5.41, 5.74) is 1.27. The third kappa shape index (κ3) is 3.21. The summed E-state index contributed by atoms with van der Waals surface area (Å²) in [5.74, 6) is 0.401. The van der Waals surface area contributed by atoms with Crippen LogP contribution in [0.2, 0.25) is 5.02 Å². The van der Waals surface area contributed by atoms with Crippen LogP contribution in [-0.2, 0) is 0 Å². The van der Waals surface area contributed by atoms with Crippen molar-refractivity contribution < 1.29 is 4.79 Å². The Hall–Kier alpha value is -1.13. The molecule has 1 fully saturated rings. The summed E-state index contributed by atoms with van der Waals surface area (Å²) in [6.07, 6.45) is 2.67. The molecule has 98 valence electrons. The van der Waals surface area contributed by atoms with Crippen LogP contribution in [0.1, 0.15) is 22.5 Å². The Bertz CT molecular complexity index is 450. The number of hydrogen-bond acceptors (Lipinski definition) is 3. The molecule has 1 aromatic heterocycles. The van der Waals surface area contributed by atoms with E-state index < -0.39 is 0 Å². The summed E-state index contributed by atoms with van der Waals surface area (Å²) in [4.78, 5) is 18.3. The molecule has 1 unspecified atom stereocenters. The average Bonchev–Trinajstić information content (AvgIpc) is 2.72. The van der Waals surface area contributed by atoms with E-state index in [1.165, 1.54) is 6.20 Å². The van der Waals surface area contributed by atoms with Gasteiger partial charge in [0.1, 0.15) is 0 Å². The van der Waals surface area contributed by atoms with Gasteiger partial charge >= 0.3 is 0 Å². The minimum Gasteiger partial charge on any atom is -0.352 e. The Labute approximate surface area is 112 Å². The molecule has 0 saturated carbocycles. The molecule has 0 radical (unpaired) electrons. The number of aromatic nitrogens is 1. The number of rotatable bonds is 3. The predicted octanol–water partition coefficient (Wildman–Crippen LogP) is 1.72. The van der Waals surface area contributed by atoms with Crippen molar-refractivity contribution in [3.63, 3.8) is 0 Å². The molecule has 1 aliphatic heterocycles. The molecule has 18 heavy (non-hydrogen) atoms. The highest BCUT2D eigenvalue weighted by molar-refractivity contribution is 6.33. The van der Waals surface area contributed by atoms with Gasteiger partial charge in [0.2, 0.25) is 0 Å². The van der Waals surface area contributed by atoms with Crippen LogP contribution in [0, 0.1) is 12.8 Å². The first-order valence-corrected chi connectivity index (χ1v) is 6.53. The molecular weight excluding hydrogens is 250 g/mol. The largest absolute Gasteiger partial charge is 0.352 e. The lowest BCUT2D eigenvalue weighted by atomic mass is 10.1. The minimum atomic E-state index is -0.137. The van der Waals surface area contributed by atoms with Crippen molar-refractivity contribution in [1.82, 2.24) is 15.2 Å². The zero-order chi connectivity index (χ0) is 13.1. The van der Waals surface area contributed by atoms with E-state index in [0.717, 1.165) is 25.2 Å². The molecular formula is C13H18ClN3O. The van der Waals surface area contributed by atoms with Gasteiger partial charge in [0.25, 0.3) is 5.91 Å². The molecule has 1 N–H and O–H groups in total. The molecule has 1 atom stereocenters. The number of nitrogens with zero attached hydrogens (tertiary/aromatic N) is 2. The van der Waals surface area contributed by atoms with Crippen LogP contribution in [0.15, 0.2) is 12.3 Å². The second-order valence-corrected chi connectivity index (χ2v) is 5.34. The number of likely N-dealkylation sites (tertiary alicyclic amines) is 1. The van der Waals surface area contributed by atoms with Crippen molar-refractivity contribution in [3.8, 4) is 0 Å². The number of carbonyl (C=O) groups is 1. The van der Waals surface area contributed by atoms with Gasteiger partial charge < -0.3 is 10.2 Å². The summed E-state index contributed by atoms with van der Waals surface area (Å²) >= 11 is 6.03. The molecule has 0 aromatic carbocycles. The van der Waals surface area contributed by atoms with E-state index in [-0.39, 0.29) is 5.91 Å². The SMILES string of the molecule is Cc1cc(Cl)c(C(=O)NCC2CCN(C)C2)cn1. The number of nitrogens with one attached hydrogen (secondary N) is 1. The maximum absolute atomic E-state index is 12.0. The van der Waals surface area contributed by atoms with Crippen LogP contribution < -0.4 is 5.32 Å². The van der Waals surface area contributed by atoms with Crippen molar-refractivity contribution in [2.75, 3.05) is 26.7 Å². The number of pyridine rings is 1. The van der Waals surface area contributed by atoms with Crippen LogP contribution in [-0.4, -0.2) is 42.5 Å². The summed E-state index contributed by atoms with van der Waals surface area (Å²) in [5, 5.41) is 3.39. The van der Waals surface area contributed by atoms with Gasteiger partial charge in [-0.3, -0.25) is 9.78 Å². The minimum absolute atomic E-state index is 0.137. The van der Waals surface area contributed by atoms with E-state index in [9.17, 15) is 4.79 Å². The Morgan fingerprint density at radius 1 is 1.67 bits per heavy atom. The predicted molar refractivity (Wildman–Crippen MR) is 71.9 cm³/mol. The van der Waals surface area contributed by atoms with Gasteiger partial charge in [-0.15, -0.1) is 0 Å². The maximum atomic E-state index is 12.0. The fraction of sp³-hybridized carbons (Fsp3) is 0.538. The quantitative estimate of drug-likeness (QED) is 0.907. The first kappa shape index (κ1) is 13.3. The Kier molecular flexibility index (Phi) is 4.19. The van der Waals surface area contributed by atoms with Crippen molar-refractivity contribution in [2.45, 2.75) is 13.3 Å². The lowest BCUT2D eigenvalue weighted by Gasteiger charge is -2.12. The smallest absolute Gasteiger partial charge is 0.254 e. The van der Waals surface area contributed by atoms with Crippen molar-refractivity contribution in [2.24, 2.45) is 5.92 Å². The molecule has 1 amide bonds. The zero-order valence-electron chi connectivity index (χ0n) is 10.7. The molecule has 2 heterocycles. The van der Waals surface area contributed by atoms with Gasteiger partial charge in [-0.1, -0.05) is 11.6 Å². The Balaban J connectivity index is 1.91. The summed E-state index contributed by atoms with van der Waals surface area (Å²) in [6, 6.07) is 1.71. The van der Waals surface area contributed by atoms with E-state index in [1.54, 1.807) is 6.07 Å². The maximum Gasteiger partial charge on any atom is 0.254 e. The molecule has 0 bridgehead atoms. The first-order valence-electron chi connectivity index (χ1n) is 6.15. The van der Waals surface area contributed by atoms with Crippen molar-refractivity contribution in [1.29, 1.82) is 0 Å². The standard InChI is InChI=1S/C13H18ClN3O/c1-9-5-12(14)11(7-15-9)13(18)16-6-10-3-4-17(2)8-10/h5,7,10H,3-4,6,8H2,1-2H3,(H,16,18). The van der Waals surface area contributed by atoms with Crippen LogP contribution in [0.4, 0.5) is 0 Å². The van der Waals surface area contributed by atoms with E-state index in [2.05, 4.69) is 22.2 Å². The highest BCUT2D eigenvalue weighted by Crippen LogP contribution is 2.16. The highest BCUT2D eigenvalue weighted by Gasteiger charge is 2.20. The first-order chi connectivity index (χ1) is 8.56. The third-order valence-electron chi connectivity index (χ3n) is 3.28. The molecule has 1 saturated heterocycles. The average molecular weight is 268 g/mol. The zero-order valence-corrected chi connectivity index (χ0v) is 11.5. The van der Waals surface area contributed by atoms with Gasteiger partial charge in [0.15, 0.2) is 0 Å². The molecule has 2 rings (SSSR count). The molecule has 0 aliphatic carbocycles. The number of hydrogen-bond donors (Lipinski definition) is 1. The number of halogens is 1. The van der Waals surface area contributed by atoms with Gasteiger partial charge in [0.05, 0.1) is 10.6 Å². The van der Waals surface area contributed by atoms with E-state index >= 15 is 0 Å². The number of amides is 1. The fourth-order valence-electron chi connectivity index (χ4n) is 2.22. The lowest BCUT2D eigenvalue weighted by Crippen LogP contribution is -2.30. The van der Waals surface area contributed by atoms with E-state index in [4.69, 9.17) is 11.6 Å². The molecule has 4 nitrogen and oxygen atoms in total. The van der Waals surface area contributed by atoms with Crippen molar-refractivity contribution in [3.05, 3.63) is 28.5 Å². The van der Waals surface area contributed by atoms with Crippen LogP contribution >= 0.6 is 11.6 Å². The topological polar surface area (TPSA) is 45.2 Å². The second kappa shape index (κ2) is 5.67. The Morgan fingerprint density at radius 3 is 3.06 bits per heavy atom. The monoisotopic (exact) mass is 267 g/mol. The normalized spacial score (nSPS) is 20.1. The van der Waals surface area contributed by atoms with E-state index in [0.29, 0.717) is 23.0 Å². The summed E-state index contributed by atoms with van der Waals surface area (Å²) in [7, 11) is 2.10. The van der Waals surface area contributed by atoms with E-state index in [1.807, 2.05) is 6.92 Å². The lowest BCUT2D eigenvalue weighted by molar-refractivity contribution is 0.0947. The van der Waals surface area contributed by atoms with Gasteiger partial charge in [-0.2, -0.15) is 0 Å². The molecule has 1 aromatic rings. The Morgan fingerprint density at radius 2 is 2.44 bits per heavy atom. The van der Waals surface area contributed by atoms with Gasteiger partial charge in [-0.05, 0) is 38.9 Å². The van der Waals surface area contributed by atoms with Gasteiger partial charge in [-0.25, -0.2) is 0 Å². The second-order valence-electron chi connectivity index (χ2n) is 4.93. The van der Waals surface area contributed by atoms with Crippen LogP contribution in [0.5, 0.6) is 0 Å². The molecule has 0 spiro atoms. The molecule has 5 heteroatoms. The number of aryl methyl sites for hydroxylation is 1.